The van der Waals surface area contributed by atoms with Crippen LogP contribution >= 0.6 is 0 Å². The number of benzene rings is 2. The van der Waals surface area contributed by atoms with Gasteiger partial charge in [0.1, 0.15) is 11.5 Å². The third-order valence-electron chi connectivity index (χ3n) is 4.73. The van der Waals surface area contributed by atoms with E-state index in [1.165, 1.54) is 16.8 Å². The van der Waals surface area contributed by atoms with Crippen molar-refractivity contribution < 1.29 is 18.3 Å². The normalized spacial score (nSPS) is 13.8. The molecule has 0 aliphatic carbocycles. The van der Waals surface area contributed by atoms with Crippen molar-refractivity contribution in [3.63, 3.8) is 0 Å². The number of para-hydroxylation sites is 1. The third kappa shape index (κ3) is 3.26. The Bertz CT molecular complexity index is 987. The number of nitrogens with zero attached hydrogens (tertiary/aromatic N) is 2. The highest BCUT2D eigenvalue weighted by atomic mass is 19.1. The number of nitrogens with one attached hydrogen (secondary N) is 1. The van der Waals surface area contributed by atoms with E-state index in [4.69, 9.17) is 9.47 Å². The molecule has 3 aromatic rings. The zero-order valence-corrected chi connectivity index (χ0v) is 15.0. The number of hydrogen-bond acceptors (Lipinski definition) is 4. The second-order valence-corrected chi connectivity index (χ2v) is 6.45. The van der Waals surface area contributed by atoms with E-state index in [9.17, 15) is 8.78 Å². The van der Waals surface area contributed by atoms with Crippen LogP contribution in [0.1, 0.15) is 29.8 Å². The molecule has 2 aromatic carbocycles. The molecule has 1 aliphatic heterocycles. The maximum atomic E-state index is 14.1. The molecule has 1 unspecified atom stereocenters. The van der Waals surface area contributed by atoms with Crippen LogP contribution in [0.25, 0.3) is 5.69 Å². The zero-order valence-electron chi connectivity index (χ0n) is 15.0. The molecule has 1 aliphatic rings. The molecule has 1 N–H and O–H groups in total. The first-order chi connectivity index (χ1) is 13.0. The maximum absolute atomic E-state index is 14.1. The van der Waals surface area contributed by atoms with Crippen LogP contribution in [0, 0.1) is 18.6 Å². The fourth-order valence-corrected chi connectivity index (χ4v) is 3.25. The molecule has 1 atom stereocenters. The Morgan fingerprint density at radius 2 is 2.07 bits per heavy atom. The van der Waals surface area contributed by atoms with Crippen molar-refractivity contribution >= 4 is 0 Å². The lowest BCUT2D eigenvalue weighted by Gasteiger charge is -2.15. The number of rotatable bonds is 5. The summed E-state index contributed by atoms with van der Waals surface area (Å²) in [7, 11) is 0. The van der Waals surface area contributed by atoms with Gasteiger partial charge in [0, 0.05) is 35.5 Å². The number of ether oxygens (including phenoxy) is 2. The fourth-order valence-electron chi connectivity index (χ4n) is 3.25. The zero-order chi connectivity index (χ0) is 19.0. The molecule has 0 radical (unpaired) electrons. The van der Waals surface area contributed by atoms with E-state index in [2.05, 4.69) is 10.4 Å². The summed E-state index contributed by atoms with van der Waals surface area (Å²) in [6.45, 7) is 4.69. The fraction of sp³-hybridized carbons (Fsp3) is 0.250. The van der Waals surface area contributed by atoms with Crippen molar-refractivity contribution in [2.45, 2.75) is 26.4 Å². The summed E-state index contributed by atoms with van der Waals surface area (Å²) in [4.78, 5) is 0. The molecule has 0 amide bonds. The highest BCUT2D eigenvalue weighted by Gasteiger charge is 2.19. The molecule has 0 fully saturated rings. The maximum Gasteiger partial charge on any atom is 0.231 e. The van der Waals surface area contributed by atoms with Gasteiger partial charge in [0.25, 0.3) is 0 Å². The van der Waals surface area contributed by atoms with Gasteiger partial charge >= 0.3 is 0 Å². The van der Waals surface area contributed by atoms with Crippen molar-refractivity contribution in [2.75, 3.05) is 6.79 Å². The van der Waals surface area contributed by atoms with E-state index in [1.807, 2.05) is 32.0 Å². The molecule has 27 heavy (non-hydrogen) atoms. The van der Waals surface area contributed by atoms with Gasteiger partial charge in [-0.3, -0.25) is 0 Å². The van der Waals surface area contributed by atoms with Crippen molar-refractivity contribution in [2.24, 2.45) is 0 Å². The molecular formula is C20H19F2N3O2. The van der Waals surface area contributed by atoms with Gasteiger partial charge in [-0.15, -0.1) is 0 Å². The van der Waals surface area contributed by atoms with Gasteiger partial charge < -0.3 is 14.8 Å². The van der Waals surface area contributed by atoms with Crippen LogP contribution in [0.4, 0.5) is 8.78 Å². The quantitative estimate of drug-likeness (QED) is 0.735. The number of fused-ring (bicyclic) bond motifs is 1. The Morgan fingerprint density at radius 1 is 1.22 bits per heavy atom. The Morgan fingerprint density at radius 3 is 2.89 bits per heavy atom. The van der Waals surface area contributed by atoms with Gasteiger partial charge in [-0.25, -0.2) is 13.5 Å². The predicted molar refractivity (Wildman–Crippen MR) is 96.0 cm³/mol. The average molecular weight is 371 g/mol. The SMILES string of the molecule is Cc1c(C(C)NCc2cccc3c2OCO3)cnn1-c1ccc(F)cc1F. The summed E-state index contributed by atoms with van der Waals surface area (Å²) in [5.41, 5.74) is 2.95. The van der Waals surface area contributed by atoms with E-state index in [0.29, 0.717) is 6.54 Å². The second-order valence-electron chi connectivity index (χ2n) is 6.45. The van der Waals surface area contributed by atoms with E-state index >= 15 is 0 Å². The van der Waals surface area contributed by atoms with E-state index in [0.717, 1.165) is 34.4 Å². The molecule has 4 rings (SSSR count). The molecule has 0 spiro atoms. The van der Waals surface area contributed by atoms with Gasteiger partial charge in [0.2, 0.25) is 6.79 Å². The van der Waals surface area contributed by atoms with Gasteiger partial charge in [0.15, 0.2) is 17.3 Å². The minimum Gasteiger partial charge on any atom is -0.454 e. The molecular weight excluding hydrogens is 352 g/mol. The van der Waals surface area contributed by atoms with Crippen LogP contribution in [0.2, 0.25) is 0 Å². The van der Waals surface area contributed by atoms with Crippen molar-refractivity contribution in [3.8, 4) is 17.2 Å². The highest BCUT2D eigenvalue weighted by molar-refractivity contribution is 5.48. The molecule has 7 heteroatoms. The standard InChI is InChI=1S/C20H19F2N3O2/c1-12(23-9-14-4-3-5-19-20(14)27-11-26-19)16-10-24-25(13(16)2)18-7-6-15(21)8-17(18)22/h3-8,10,12,23H,9,11H2,1-2H3. The summed E-state index contributed by atoms with van der Waals surface area (Å²) in [5.74, 6) is 0.249. The van der Waals surface area contributed by atoms with Gasteiger partial charge in [-0.2, -0.15) is 5.10 Å². The summed E-state index contributed by atoms with van der Waals surface area (Å²) >= 11 is 0. The smallest absolute Gasteiger partial charge is 0.231 e. The van der Waals surface area contributed by atoms with Gasteiger partial charge in [-0.1, -0.05) is 12.1 Å². The number of aromatic nitrogens is 2. The molecule has 140 valence electrons. The van der Waals surface area contributed by atoms with Crippen LogP contribution in [0.5, 0.6) is 11.5 Å². The molecule has 5 nitrogen and oxygen atoms in total. The summed E-state index contributed by atoms with van der Waals surface area (Å²) in [6, 6.07) is 9.22. The van der Waals surface area contributed by atoms with Crippen LogP contribution in [-0.4, -0.2) is 16.6 Å². The van der Waals surface area contributed by atoms with Gasteiger partial charge in [-0.05, 0) is 32.0 Å². The minimum atomic E-state index is -0.648. The predicted octanol–water partition coefficient (Wildman–Crippen LogP) is 4.04. The first-order valence-corrected chi connectivity index (χ1v) is 8.65. The van der Waals surface area contributed by atoms with E-state index in [-0.39, 0.29) is 18.5 Å². The Balaban J connectivity index is 1.52. The molecule has 1 aromatic heterocycles. The lowest BCUT2D eigenvalue weighted by Crippen LogP contribution is -2.19. The first kappa shape index (κ1) is 17.5. The third-order valence-corrected chi connectivity index (χ3v) is 4.73. The Labute approximate surface area is 155 Å². The highest BCUT2D eigenvalue weighted by Crippen LogP contribution is 2.35. The summed E-state index contributed by atoms with van der Waals surface area (Å²) in [5, 5.41) is 7.71. The molecule has 2 heterocycles. The van der Waals surface area contributed by atoms with Crippen molar-refractivity contribution in [1.82, 2.24) is 15.1 Å². The monoisotopic (exact) mass is 371 g/mol. The van der Waals surface area contributed by atoms with Crippen molar-refractivity contribution in [3.05, 3.63) is 71.1 Å². The topological polar surface area (TPSA) is 48.3 Å². The number of hydrogen-bond donors (Lipinski definition) is 1. The lowest BCUT2D eigenvalue weighted by molar-refractivity contribution is 0.173. The largest absolute Gasteiger partial charge is 0.454 e. The van der Waals surface area contributed by atoms with Crippen LogP contribution in [-0.2, 0) is 6.54 Å². The van der Waals surface area contributed by atoms with Crippen LogP contribution in [0.3, 0.4) is 0 Å². The summed E-state index contributed by atoms with van der Waals surface area (Å²) < 4.78 is 39.6. The van der Waals surface area contributed by atoms with E-state index < -0.39 is 11.6 Å². The molecule has 0 saturated heterocycles. The Kier molecular flexibility index (Phi) is 4.53. The first-order valence-electron chi connectivity index (χ1n) is 8.65. The average Bonchev–Trinajstić information content (AvgIpc) is 3.27. The van der Waals surface area contributed by atoms with Crippen LogP contribution < -0.4 is 14.8 Å². The summed E-state index contributed by atoms with van der Waals surface area (Å²) in [6.07, 6.45) is 1.70. The lowest BCUT2D eigenvalue weighted by atomic mass is 10.1. The number of halogens is 2. The van der Waals surface area contributed by atoms with Crippen molar-refractivity contribution in [1.29, 1.82) is 0 Å². The Hall–Kier alpha value is -2.93. The van der Waals surface area contributed by atoms with E-state index in [1.54, 1.807) is 6.20 Å². The minimum absolute atomic E-state index is 0.0274. The van der Waals surface area contributed by atoms with Gasteiger partial charge in [0.05, 0.1) is 6.20 Å². The second kappa shape index (κ2) is 7.00. The molecule has 0 bridgehead atoms. The molecule has 0 saturated carbocycles. The van der Waals surface area contributed by atoms with Crippen LogP contribution in [0.15, 0.2) is 42.6 Å².